The fourth-order valence-corrected chi connectivity index (χ4v) is 2.68. The van der Waals surface area contributed by atoms with Crippen LogP contribution in [0.4, 0.5) is 4.79 Å². The third kappa shape index (κ3) is 4.26. The second-order valence-electron chi connectivity index (χ2n) is 5.90. The number of carbonyl (C=O) groups is 1. The number of nitrogens with one attached hydrogen (secondary N) is 1. The maximum atomic E-state index is 12.3. The average Bonchev–Trinajstić information content (AvgIpc) is 2.59. The topological polar surface area (TPSA) is 41.6 Å². The average molecular weight is 302 g/mol. The second-order valence-corrected chi connectivity index (χ2v) is 5.90. The van der Waals surface area contributed by atoms with Crippen molar-refractivity contribution in [3.8, 4) is 5.75 Å². The van der Waals surface area contributed by atoms with Crippen molar-refractivity contribution in [3.63, 3.8) is 0 Å². The molecule has 2 amide bonds. The molecule has 0 aromatic heterocycles. The smallest absolute Gasteiger partial charge is 0.317 e. The van der Waals surface area contributed by atoms with E-state index < -0.39 is 0 Å². The highest BCUT2D eigenvalue weighted by Crippen LogP contribution is 2.22. The van der Waals surface area contributed by atoms with Crippen LogP contribution in [0, 0.1) is 5.92 Å². The molecule has 0 aliphatic heterocycles. The summed E-state index contributed by atoms with van der Waals surface area (Å²) in [5, 5.41) is 3.05. The Balaban J connectivity index is 1.86. The van der Waals surface area contributed by atoms with Gasteiger partial charge in [-0.05, 0) is 49.8 Å². The first-order valence-corrected chi connectivity index (χ1v) is 7.91. The maximum absolute atomic E-state index is 12.3. The van der Waals surface area contributed by atoms with Crippen LogP contribution in [0.25, 0.3) is 0 Å². The van der Waals surface area contributed by atoms with Crippen LogP contribution in [0.3, 0.4) is 0 Å². The van der Waals surface area contributed by atoms with Gasteiger partial charge in [-0.3, -0.25) is 0 Å². The predicted molar refractivity (Wildman–Crippen MR) is 89.1 cm³/mol. The summed E-state index contributed by atoms with van der Waals surface area (Å²) in [6, 6.07) is 7.85. The Kier molecular flexibility index (Phi) is 5.87. The number of amides is 2. The highest BCUT2D eigenvalue weighted by Gasteiger charge is 2.18. The van der Waals surface area contributed by atoms with Crippen molar-refractivity contribution in [2.75, 3.05) is 20.7 Å². The van der Waals surface area contributed by atoms with E-state index in [9.17, 15) is 4.79 Å². The Bertz CT molecular complexity index is 510. The van der Waals surface area contributed by atoms with Gasteiger partial charge in [0.2, 0.25) is 0 Å². The zero-order chi connectivity index (χ0) is 15.9. The summed E-state index contributed by atoms with van der Waals surface area (Å²) in [5.41, 5.74) is 1.10. The van der Waals surface area contributed by atoms with Gasteiger partial charge in [-0.25, -0.2) is 4.79 Å². The molecule has 22 heavy (non-hydrogen) atoms. The number of benzene rings is 1. The Morgan fingerprint density at radius 1 is 1.36 bits per heavy atom. The van der Waals surface area contributed by atoms with Gasteiger partial charge in [-0.1, -0.05) is 24.3 Å². The second kappa shape index (κ2) is 7.87. The third-order valence-electron chi connectivity index (χ3n) is 4.42. The van der Waals surface area contributed by atoms with Gasteiger partial charge >= 0.3 is 6.03 Å². The summed E-state index contributed by atoms with van der Waals surface area (Å²) < 4.78 is 5.16. The highest BCUT2D eigenvalue weighted by molar-refractivity contribution is 5.74. The van der Waals surface area contributed by atoms with Crippen LogP contribution >= 0.6 is 0 Å². The van der Waals surface area contributed by atoms with Crippen molar-refractivity contribution in [3.05, 3.63) is 42.0 Å². The predicted octanol–water partition coefficient (Wildman–Crippen LogP) is 3.75. The fraction of sp³-hybridized carbons (Fsp3) is 0.500. The summed E-state index contributed by atoms with van der Waals surface area (Å²) >= 11 is 0. The van der Waals surface area contributed by atoms with E-state index in [1.165, 1.54) is 0 Å². The van der Waals surface area contributed by atoms with Gasteiger partial charge in [0.15, 0.2) is 0 Å². The molecule has 0 radical (unpaired) electrons. The minimum atomic E-state index is -0.0159. The Hall–Kier alpha value is -1.97. The fourth-order valence-electron chi connectivity index (χ4n) is 2.68. The molecular weight excluding hydrogens is 276 g/mol. The van der Waals surface area contributed by atoms with Gasteiger partial charge in [0.1, 0.15) is 5.75 Å². The van der Waals surface area contributed by atoms with E-state index in [0.29, 0.717) is 5.92 Å². The summed E-state index contributed by atoms with van der Waals surface area (Å²) in [6.45, 7) is 2.79. The minimum absolute atomic E-state index is 0.0159. The molecule has 1 N–H and O–H groups in total. The first kappa shape index (κ1) is 16.4. The lowest BCUT2D eigenvalue weighted by molar-refractivity contribution is 0.192. The van der Waals surface area contributed by atoms with E-state index in [4.69, 9.17) is 4.74 Å². The number of rotatable bonds is 5. The van der Waals surface area contributed by atoms with Crippen LogP contribution in [-0.2, 0) is 0 Å². The summed E-state index contributed by atoms with van der Waals surface area (Å²) in [4.78, 5) is 14.0. The molecule has 1 aromatic rings. The number of urea groups is 1. The minimum Gasteiger partial charge on any atom is -0.497 e. The zero-order valence-electron chi connectivity index (χ0n) is 13.7. The Morgan fingerprint density at radius 3 is 2.68 bits per heavy atom. The van der Waals surface area contributed by atoms with Crippen LogP contribution in [0.5, 0.6) is 5.75 Å². The van der Waals surface area contributed by atoms with Gasteiger partial charge in [-0.2, -0.15) is 0 Å². The van der Waals surface area contributed by atoms with Gasteiger partial charge in [0.25, 0.3) is 0 Å². The number of hydrogen-bond donors (Lipinski definition) is 1. The van der Waals surface area contributed by atoms with Crippen LogP contribution in [-0.4, -0.2) is 31.6 Å². The Labute approximate surface area is 133 Å². The lowest BCUT2D eigenvalue weighted by atomic mass is 9.94. The molecule has 1 aliphatic carbocycles. The molecular formula is C18H26N2O2. The molecule has 0 bridgehead atoms. The monoisotopic (exact) mass is 302 g/mol. The molecule has 1 aromatic carbocycles. The van der Waals surface area contributed by atoms with E-state index in [1.807, 2.05) is 38.2 Å². The zero-order valence-corrected chi connectivity index (χ0v) is 13.7. The molecule has 0 spiro atoms. The lowest BCUT2D eigenvalue weighted by Crippen LogP contribution is -2.40. The van der Waals surface area contributed by atoms with Gasteiger partial charge in [0, 0.05) is 13.6 Å². The molecule has 0 saturated heterocycles. The van der Waals surface area contributed by atoms with Crippen molar-refractivity contribution < 1.29 is 9.53 Å². The standard InChI is InChI=1S/C18H26N2O2/c1-14(16-9-11-17(22-3)12-10-16)20(2)18(21)19-13-15-7-5-4-6-8-15/h4-5,9-12,14-15H,6-8,13H2,1-3H3,(H,19,21). The molecule has 120 valence electrons. The third-order valence-corrected chi connectivity index (χ3v) is 4.42. The van der Waals surface area contributed by atoms with E-state index in [-0.39, 0.29) is 12.1 Å². The van der Waals surface area contributed by atoms with Crippen LogP contribution in [0.15, 0.2) is 36.4 Å². The normalized spacial score (nSPS) is 18.6. The van der Waals surface area contributed by atoms with E-state index in [2.05, 4.69) is 17.5 Å². The van der Waals surface area contributed by atoms with E-state index >= 15 is 0 Å². The quantitative estimate of drug-likeness (QED) is 0.842. The number of allylic oxidation sites excluding steroid dienone is 2. The Morgan fingerprint density at radius 2 is 2.09 bits per heavy atom. The summed E-state index contributed by atoms with van der Waals surface area (Å²) in [5.74, 6) is 1.40. The number of carbonyl (C=O) groups excluding carboxylic acids is 1. The number of hydrogen-bond acceptors (Lipinski definition) is 2. The molecule has 0 heterocycles. The van der Waals surface area contributed by atoms with Crippen LogP contribution < -0.4 is 10.1 Å². The molecule has 2 rings (SSSR count). The lowest BCUT2D eigenvalue weighted by Gasteiger charge is -2.27. The largest absolute Gasteiger partial charge is 0.497 e. The van der Waals surface area contributed by atoms with Crippen LogP contribution in [0.2, 0.25) is 0 Å². The molecule has 4 nitrogen and oxygen atoms in total. The van der Waals surface area contributed by atoms with Crippen molar-refractivity contribution in [2.24, 2.45) is 5.92 Å². The SMILES string of the molecule is COc1ccc(C(C)N(C)C(=O)NCC2CC=CCC2)cc1. The molecule has 0 saturated carbocycles. The van der Waals surface area contributed by atoms with Crippen molar-refractivity contribution in [2.45, 2.75) is 32.2 Å². The van der Waals surface area contributed by atoms with Crippen LogP contribution in [0.1, 0.15) is 37.8 Å². The summed E-state index contributed by atoms with van der Waals surface area (Å²) in [7, 11) is 3.49. The molecule has 1 aliphatic rings. The first-order chi connectivity index (χ1) is 10.6. The summed E-state index contributed by atoms with van der Waals surface area (Å²) in [6.07, 6.45) is 7.78. The van der Waals surface area contributed by atoms with Gasteiger partial charge < -0.3 is 15.0 Å². The van der Waals surface area contributed by atoms with Crippen molar-refractivity contribution in [1.29, 1.82) is 0 Å². The number of methoxy groups -OCH3 is 1. The number of nitrogens with zero attached hydrogens (tertiary/aromatic N) is 1. The van der Waals surface area contributed by atoms with Gasteiger partial charge in [-0.15, -0.1) is 0 Å². The molecule has 0 fully saturated rings. The van der Waals surface area contributed by atoms with E-state index in [0.717, 1.165) is 37.1 Å². The van der Waals surface area contributed by atoms with Crippen molar-refractivity contribution >= 4 is 6.03 Å². The molecule has 4 heteroatoms. The van der Waals surface area contributed by atoms with E-state index in [1.54, 1.807) is 12.0 Å². The van der Waals surface area contributed by atoms with Crippen molar-refractivity contribution in [1.82, 2.24) is 10.2 Å². The number of ether oxygens (including phenoxy) is 1. The molecule has 2 unspecified atom stereocenters. The highest BCUT2D eigenvalue weighted by atomic mass is 16.5. The first-order valence-electron chi connectivity index (χ1n) is 7.91. The maximum Gasteiger partial charge on any atom is 0.317 e. The van der Waals surface area contributed by atoms with Gasteiger partial charge in [0.05, 0.1) is 13.2 Å². The molecule has 2 atom stereocenters.